The minimum Gasteiger partial charge on any atom is -0.494 e. The van der Waals surface area contributed by atoms with Gasteiger partial charge in [0.15, 0.2) is 5.75 Å². The standard InChI is InChI=1S/C11H13NO2/c1-8-11(13-2)9-6-4-5-7-10(9)12(8)14-3/h4-7H,1-3H3. The summed E-state index contributed by atoms with van der Waals surface area (Å²) >= 11 is 0. The van der Waals surface area contributed by atoms with Gasteiger partial charge in [-0.3, -0.25) is 0 Å². The highest BCUT2D eigenvalue weighted by atomic mass is 16.6. The van der Waals surface area contributed by atoms with Gasteiger partial charge in [-0.25, -0.2) is 0 Å². The van der Waals surface area contributed by atoms with E-state index in [1.54, 1.807) is 19.0 Å². The molecule has 74 valence electrons. The molecule has 1 aromatic carbocycles. The fraction of sp³-hybridized carbons (Fsp3) is 0.273. The molecular weight excluding hydrogens is 178 g/mol. The average molecular weight is 191 g/mol. The van der Waals surface area contributed by atoms with Gasteiger partial charge in [0, 0.05) is 5.39 Å². The van der Waals surface area contributed by atoms with Crippen LogP contribution in [0.3, 0.4) is 0 Å². The molecule has 0 atom stereocenters. The Balaban J connectivity index is 2.85. The van der Waals surface area contributed by atoms with Gasteiger partial charge in [0.05, 0.1) is 18.3 Å². The molecule has 0 aliphatic carbocycles. The molecule has 1 heterocycles. The summed E-state index contributed by atoms with van der Waals surface area (Å²) < 4.78 is 7.11. The van der Waals surface area contributed by atoms with Crippen molar-refractivity contribution in [3.8, 4) is 5.75 Å². The van der Waals surface area contributed by atoms with Crippen molar-refractivity contribution in [3.05, 3.63) is 30.0 Å². The predicted octanol–water partition coefficient (Wildman–Crippen LogP) is 2.02. The normalized spacial score (nSPS) is 10.5. The predicted molar refractivity (Wildman–Crippen MR) is 55.7 cm³/mol. The van der Waals surface area contributed by atoms with Crippen molar-refractivity contribution >= 4 is 10.9 Å². The van der Waals surface area contributed by atoms with Crippen molar-refractivity contribution in [1.29, 1.82) is 0 Å². The van der Waals surface area contributed by atoms with Crippen LogP contribution in [0.4, 0.5) is 0 Å². The number of methoxy groups -OCH3 is 1. The molecule has 0 fully saturated rings. The second-order valence-corrected chi connectivity index (χ2v) is 3.11. The molecule has 3 heteroatoms. The summed E-state index contributed by atoms with van der Waals surface area (Å²) in [6.45, 7) is 1.97. The van der Waals surface area contributed by atoms with Crippen molar-refractivity contribution in [2.24, 2.45) is 0 Å². The molecule has 2 rings (SSSR count). The van der Waals surface area contributed by atoms with Crippen LogP contribution in [0, 0.1) is 6.92 Å². The van der Waals surface area contributed by atoms with Crippen LogP contribution in [0.5, 0.6) is 5.75 Å². The van der Waals surface area contributed by atoms with E-state index in [-0.39, 0.29) is 0 Å². The van der Waals surface area contributed by atoms with Crippen LogP contribution in [0.25, 0.3) is 10.9 Å². The molecule has 2 aromatic rings. The van der Waals surface area contributed by atoms with Crippen LogP contribution in [-0.4, -0.2) is 19.0 Å². The van der Waals surface area contributed by atoms with Crippen LogP contribution in [0.2, 0.25) is 0 Å². The van der Waals surface area contributed by atoms with Crippen molar-refractivity contribution in [1.82, 2.24) is 4.73 Å². The number of aromatic nitrogens is 1. The zero-order chi connectivity index (χ0) is 10.1. The minimum atomic E-state index is 0.877. The number of rotatable bonds is 2. The van der Waals surface area contributed by atoms with Gasteiger partial charge in [-0.05, 0) is 19.1 Å². The molecule has 0 aliphatic heterocycles. The lowest BCUT2D eigenvalue weighted by atomic mass is 10.2. The molecule has 0 radical (unpaired) electrons. The summed E-state index contributed by atoms with van der Waals surface area (Å²) in [5.41, 5.74) is 2.01. The van der Waals surface area contributed by atoms with E-state index in [1.165, 1.54) is 0 Å². The van der Waals surface area contributed by atoms with Gasteiger partial charge in [0.2, 0.25) is 0 Å². The van der Waals surface area contributed by atoms with Crippen molar-refractivity contribution in [2.45, 2.75) is 6.92 Å². The first-order chi connectivity index (χ1) is 6.79. The molecule has 1 aromatic heterocycles. The van der Waals surface area contributed by atoms with Crippen LogP contribution >= 0.6 is 0 Å². The molecule has 0 amide bonds. The lowest BCUT2D eigenvalue weighted by Gasteiger charge is -2.04. The number of benzene rings is 1. The van der Waals surface area contributed by atoms with Crippen LogP contribution in [-0.2, 0) is 0 Å². The number of hydrogen-bond acceptors (Lipinski definition) is 2. The number of hydrogen-bond donors (Lipinski definition) is 0. The Morgan fingerprint density at radius 3 is 2.50 bits per heavy atom. The van der Waals surface area contributed by atoms with Gasteiger partial charge in [-0.15, -0.1) is 0 Å². The largest absolute Gasteiger partial charge is 0.494 e. The first kappa shape index (κ1) is 8.94. The van der Waals surface area contributed by atoms with Crippen LogP contribution in [0.1, 0.15) is 5.69 Å². The summed E-state index contributed by atoms with van der Waals surface area (Å²) in [6.07, 6.45) is 0. The highest BCUT2D eigenvalue weighted by molar-refractivity contribution is 5.88. The van der Waals surface area contributed by atoms with Gasteiger partial charge in [0.25, 0.3) is 0 Å². The lowest BCUT2D eigenvalue weighted by Crippen LogP contribution is -2.06. The molecule has 0 saturated carbocycles. The molecule has 0 saturated heterocycles. The van der Waals surface area contributed by atoms with E-state index in [1.807, 2.05) is 31.2 Å². The third-order valence-electron chi connectivity index (χ3n) is 2.39. The summed E-state index contributed by atoms with van der Waals surface area (Å²) in [4.78, 5) is 5.28. The summed E-state index contributed by atoms with van der Waals surface area (Å²) in [7, 11) is 3.33. The first-order valence-corrected chi connectivity index (χ1v) is 4.48. The molecule has 14 heavy (non-hydrogen) atoms. The molecule has 0 aliphatic rings. The van der Waals surface area contributed by atoms with Crippen molar-refractivity contribution < 1.29 is 9.57 Å². The monoisotopic (exact) mass is 191 g/mol. The number of ether oxygens (including phenoxy) is 1. The topological polar surface area (TPSA) is 23.4 Å². The minimum absolute atomic E-state index is 0.877. The van der Waals surface area contributed by atoms with Crippen molar-refractivity contribution in [2.75, 3.05) is 14.2 Å². The van der Waals surface area contributed by atoms with Crippen LogP contribution < -0.4 is 9.57 Å². The zero-order valence-electron chi connectivity index (χ0n) is 8.57. The Morgan fingerprint density at radius 1 is 1.14 bits per heavy atom. The third-order valence-corrected chi connectivity index (χ3v) is 2.39. The van der Waals surface area contributed by atoms with E-state index >= 15 is 0 Å². The van der Waals surface area contributed by atoms with Gasteiger partial charge in [-0.1, -0.05) is 12.1 Å². The van der Waals surface area contributed by atoms with E-state index in [9.17, 15) is 0 Å². The Bertz CT molecular complexity index is 419. The zero-order valence-corrected chi connectivity index (χ0v) is 8.57. The maximum atomic E-state index is 5.34. The van der Waals surface area contributed by atoms with Gasteiger partial charge >= 0.3 is 0 Å². The smallest absolute Gasteiger partial charge is 0.150 e. The van der Waals surface area contributed by atoms with E-state index in [0.29, 0.717) is 0 Å². The average Bonchev–Trinajstić information content (AvgIpc) is 2.49. The quantitative estimate of drug-likeness (QED) is 0.725. The molecule has 0 spiro atoms. The van der Waals surface area contributed by atoms with Crippen molar-refractivity contribution in [3.63, 3.8) is 0 Å². The molecule has 0 N–H and O–H groups in total. The first-order valence-electron chi connectivity index (χ1n) is 4.48. The Kier molecular flexibility index (Phi) is 2.08. The Hall–Kier alpha value is -1.64. The molecule has 3 nitrogen and oxygen atoms in total. The maximum Gasteiger partial charge on any atom is 0.150 e. The Morgan fingerprint density at radius 2 is 1.86 bits per heavy atom. The summed E-state index contributed by atoms with van der Waals surface area (Å²) in [5, 5.41) is 1.08. The second-order valence-electron chi connectivity index (χ2n) is 3.11. The van der Waals surface area contributed by atoms with E-state index in [4.69, 9.17) is 9.57 Å². The SMILES string of the molecule is COc1c(C)n(OC)c2ccccc12. The van der Waals surface area contributed by atoms with Gasteiger partial charge in [-0.2, -0.15) is 4.73 Å². The second kappa shape index (κ2) is 3.25. The van der Waals surface area contributed by atoms with Gasteiger partial charge in [0.1, 0.15) is 7.11 Å². The fourth-order valence-electron chi connectivity index (χ4n) is 1.80. The van der Waals surface area contributed by atoms with E-state index in [0.717, 1.165) is 22.3 Å². The third kappa shape index (κ3) is 1.05. The molecular formula is C11H13NO2. The fourth-order valence-corrected chi connectivity index (χ4v) is 1.80. The molecule has 0 unspecified atom stereocenters. The van der Waals surface area contributed by atoms with Crippen LogP contribution in [0.15, 0.2) is 24.3 Å². The highest BCUT2D eigenvalue weighted by Gasteiger charge is 2.13. The maximum absolute atomic E-state index is 5.34. The summed E-state index contributed by atoms with van der Waals surface area (Å²) in [6, 6.07) is 8.01. The number of fused-ring (bicyclic) bond motifs is 1. The Labute approximate surface area is 82.8 Å². The summed E-state index contributed by atoms with van der Waals surface area (Å²) in [5.74, 6) is 0.877. The lowest BCUT2D eigenvalue weighted by molar-refractivity contribution is 0.171. The number of nitrogens with zero attached hydrogens (tertiary/aromatic N) is 1. The van der Waals surface area contributed by atoms with E-state index in [2.05, 4.69) is 0 Å². The van der Waals surface area contributed by atoms with E-state index < -0.39 is 0 Å². The highest BCUT2D eigenvalue weighted by Crippen LogP contribution is 2.31. The molecule has 0 bridgehead atoms. The number of para-hydroxylation sites is 1. The van der Waals surface area contributed by atoms with Gasteiger partial charge < -0.3 is 9.57 Å².